The van der Waals surface area contributed by atoms with Crippen molar-refractivity contribution in [2.75, 3.05) is 25.6 Å². The number of amides is 1. The lowest BCUT2D eigenvalue weighted by Crippen LogP contribution is -2.20. The predicted molar refractivity (Wildman–Crippen MR) is 112 cm³/mol. The Hall–Kier alpha value is -2.69. The zero-order valence-electron chi connectivity index (χ0n) is 16.9. The van der Waals surface area contributed by atoms with E-state index >= 15 is 0 Å². The van der Waals surface area contributed by atoms with Gasteiger partial charge in [-0.25, -0.2) is 0 Å². The summed E-state index contributed by atoms with van der Waals surface area (Å²) in [6.45, 7) is 2.90. The molecule has 0 unspecified atom stereocenters. The first-order chi connectivity index (χ1) is 13.7. The Morgan fingerprint density at radius 3 is 2.25 bits per heavy atom. The van der Waals surface area contributed by atoms with E-state index in [0.717, 1.165) is 18.8 Å². The van der Waals surface area contributed by atoms with E-state index in [4.69, 9.17) is 14.2 Å². The van der Waals surface area contributed by atoms with Crippen LogP contribution in [0.5, 0.6) is 17.2 Å². The number of ether oxygens (including phenoxy) is 3. The largest absolute Gasteiger partial charge is 0.497 e. The molecule has 0 atom stereocenters. The summed E-state index contributed by atoms with van der Waals surface area (Å²) < 4.78 is 16.4. The van der Waals surface area contributed by atoms with Crippen molar-refractivity contribution in [2.45, 2.75) is 45.4 Å². The van der Waals surface area contributed by atoms with Crippen molar-refractivity contribution in [2.24, 2.45) is 0 Å². The molecule has 0 aromatic heterocycles. The van der Waals surface area contributed by atoms with Crippen LogP contribution >= 0.6 is 0 Å². The molecule has 1 N–H and O–H groups in total. The summed E-state index contributed by atoms with van der Waals surface area (Å²) in [6.07, 6.45) is 7.47. The maximum atomic E-state index is 12.0. The number of hydrogen-bond donors (Lipinski definition) is 1. The lowest BCUT2D eigenvalue weighted by Gasteiger charge is -2.10. The molecule has 1 amide bonds. The fraction of sp³-hybridized carbons (Fsp3) is 0.435. The van der Waals surface area contributed by atoms with Crippen molar-refractivity contribution >= 4 is 11.6 Å². The Morgan fingerprint density at radius 1 is 0.857 bits per heavy atom. The van der Waals surface area contributed by atoms with Gasteiger partial charge in [0.15, 0.2) is 6.61 Å². The molecule has 0 fully saturated rings. The Labute approximate surface area is 168 Å². The Balaban J connectivity index is 1.65. The van der Waals surface area contributed by atoms with Crippen LogP contribution in [0.2, 0.25) is 0 Å². The van der Waals surface area contributed by atoms with Gasteiger partial charge >= 0.3 is 0 Å². The second-order valence-electron chi connectivity index (χ2n) is 6.66. The molecule has 0 aliphatic heterocycles. The highest BCUT2D eigenvalue weighted by Gasteiger charge is 2.05. The number of nitrogens with one attached hydrogen (secondary N) is 1. The van der Waals surface area contributed by atoms with Crippen LogP contribution in [0.3, 0.4) is 0 Å². The highest BCUT2D eigenvalue weighted by Crippen LogP contribution is 2.19. The molecule has 2 aromatic carbocycles. The molecule has 152 valence electrons. The van der Waals surface area contributed by atoms with Gasteiger partial charge in [0.1, 0.15) is 17.2 Å². The zero-order chi connectivity index (χ0) is 20.0. The third kappa shape index (κ3) is 8.33. The van der Waals surface area contributed by atoms with Gasteiger partial charge in [-0.1, -0.05) is 45.1 Å². The molecule has 0 radical (unpaired) electrons. The maximum absolute atomic E-state index is 12.0. The van der Waals surface area contributed by atoms with Gasteiger partial charge in [0, 0.05) is 11.8 Å². The smallest absolute Gasteiger partial charge is 0.262 e. The van der Waals surface area contributed by atoms with E-state index in [9.17, 15) is 4.79 Å². The number of carbonyl (C=O) groups is 1. The van der Waals surface area contributed by atoms with Crippen molar-refractivity contribution in [1.29, 1.82) is 0 Å². The number of rotatable bonds is 13. The highest BCUT2D eigenvalue weighted by molar-refractivity contribution is 5.92. The molecule has 5 nitrogen and oxygen atoms in total. The van der Waals surface area contributed by atoms with Crippen LogP contribution in [0.15, 0.2) is 48.5 Å². The minimum absolute atomic E-state index is 0.0603. The van der Waals surface area contributed by atoms with Crippen LogP contribution in [0.1, 0.15) is 45.4 Å². The summed E-state index contributed by atoms with van der Waals surface area (Å²) in [5.41, 5.74) is 0.673. The molecule has 0 aliphatic rings. The quantitative estimate of drug-likeness (QED) is 0.466. The fourth-order valence-corrected chi connectivity index (χ4v) is 2.75. The molecule has 0 saturated heterocycles. The van der Waals surface area contributed by atoms with Gasteiger partial charge in [-0.15, -0.1) is 0 Å². The number of benzene rings is 2. The van der Waals surface area contributed by atoms with Crippen molar-refractivity contribution in [3.8, 4) is 17.2 Å². The third-order valence-corrected chi connectivity index (χ3v) is 4.31. The summed E-state index contributed by atoms with van der Waals surface area (Å²) in [5.74, 6) is 1.92. The predicted octanol–water partition coefficient (Wildman–Crippen LogP) is 5.45. The minimum Gasteiger partial charge on any atom is -0.497 e. The van der Waals surface area contributed by atoms with Gasteiger partial charge in [0.2, 0.25) is 0 Å². The highest BCUT2D eigenvalue weighted by atomic mass is 16.5. The van der Waals surface area contributed by atoms with Gasteiger partial charge in [0.05, 0.1) is 13.7 Å². The molecule has 2 aromatic rings. The number of unbranched alkanes of at least 4 members (excludes halogenated alkanes) is 5. The second-order valence-corrected chi connectivity index (χ2v) is 6.66. The number of methoxy groups -OCH3 is 1. The van der Waals surface area contributed by atoms with E-state index < -0.39 is 0 Å². The molecular weight excluding hydrogens is 354 g/mol. The fourth-order valence-electron chi connectivity index (χ4n) is 2.75. The SMILES string of the molecule is CCCCCCCCOc1ccc(OCC(=O)Nc2cccc(OC)c2)cc1. The number of anilines is 1. The average Bonchev–Trinajstić information content (AvgIpc) is 2.72. The van der Waals surface area contributed by atoms with Crippen LogP contribution < -0.4 is 19.5 Å². The number of hydrogen-bond acceptors (Lipinski definition) is 4. The minimum atomic E-state index is -0.225. The lowest BCUT2D eigenvalue weighted by atomic mass is 10.1. The number of carbonyl (C=O) groups excluding carboxylic acids is 1. The van der Waals surface area contributed by atoms with Gasteiger partial charge in [0.25, 0.3) is 5.91 Å². The van der Waals surface area contributed by atoms with Gasteiger partial charge in [-0.05, 0) is 42.8 Å². The van der Waals surface area contributed by atoms with E-state index in [1.807, 2.05) is 36.4 Å². The van der Waals surface area contributed by atoms with E-state index in [-0.39, 0.29) is 12.5 Å². The maximum Gasteiger partial charge on any atom is 0.262 e. The topological polar surface area (TPSA) is 56.8 Å². The van der Waals surface area contributed by atoms with Crippen LogP contribution in [0.4, 0.5) is 5.69 Å². The van der Waals surface area contributed by atoms with Crippen molar-refractivity contribution in [1.82, 2.24) is 0 Å². The molecule has 0 aliphatic carbocycles. The Morgan fingerprint density at radius 2 is 1.54 bits per heavy atom. The first-order valence-electron chi connectivity index (χ1n) is 10.0. The summed E-state index contributed by atoms with van der Waals surface area (Å²) in [7, 11) is 1.59. The van der Waals surface area contributed by atoms with Gasteiger partial charge in [-0.2, -0.15) is 0 Å². The summed E-state index contributed by atoms with van der Waals surface area (Å²) in [4.78, 5) is 12.0. The van der Waals surface area contributed by atoms with Crippen molar-refractivity contribution in [3.05, 3.63) is 48.5 Å². The van der Waals surface area contributed by atoms with Crippen molar-refractivity contribution in [3.63, 3.8) is 0 Å². The molecule has 0 bridgehead atoms. The summed E-state index contributed by atoms with van der Waals surface area (Å²) in [6, 6.07) is 14.6. The van der Waals surface area contributed by atoms with E-state index in [0.29, 0.717) is 17.2 Å². The van der Waals surface area contributed by atoms with Crippen LogP contribution in [-0.4, -0.2) is 26.2 Å². The average molecular weight is 386 g/mol. The lowest BCUT2D eigenvalue weighted by molar-refractivity contribution is -0.118. The van der Waals surface area contributed by atoms with Crippen LogP contribution in [0.25, 0.3) is 0 Å². The van der Waals surface area contributed by atoms with Gasteiger partial charge in [-0.3, -0.25) is 4.79 Å². The molecule has 28 heavy (non-hydrogen) atoms. The summed E-state index contributed by atoms with van der Waals surface area (Å²) in [5, 5.41) is 2.78. The molecular formula is C23H31NO4. The zero-order valence-corrected chi connectivity index (χ0v) is 16.9. The van der Waals surface area contributed by atoms with Crippen molar-refractivity contribution < 1.29 is 19.0 Å². The molecule has 5 heteroatoms. The van der Waals surface area contributed by atoms with E-state index in [2.05, 4.69) is 12.2 Å². The second kappa shape index (κ2) is 12.7. The first-order valence-corrected chi connectivity index (χ1v) is 10.0. The van der Waals surface area contributed by atoms with Crippen LogP contribution in [0, 0.1) is 0 Å². The monoisotopic (exact) mass is 385 g/mol. The molecule has 2 rings (SSSR count). The third-order valence-electron chi connectivity index (χ3n) is 4.31. The van der Waals surface area contributed by atoms with E-state index in [1.165, 1.54) is 32.1 Å². The Bertz CT molecular complexity index is 700. The standard InChI is InChI=1S/C23H31NO4/c1-3-4-5-6-7-8-16-27-20-12-14-21(15-13-20)28-18-23(25)24-19-10-9-11-22(17-19)26-2/h9-15,17H,3-8,16,18H2,1-2H3,(H,24,25). The normalized spacial score (nSPS) is 10.4. The van der Waals surface area contributed by atoms with E-state index in [1.54, 1.807) is 19.2 Å². The molecule has 0 heterocycles. The van der Waals surface area contributed by atoms with Crippen LogP contribution in [-0.2, 0) is 4.79 Å². The molecule has 0 saturated carbocycles. The summed E-state index contributed by atoms with van der Waals surface area (Å²) >= 11 is 0. The van der Waals surface area contributed by atoms with Gasteiger partial charge < -0.3 is 19.5 Å². The Kier molecular flexibility index (Phi) is 9.76. The molecule has 0 spiro atoms. The first kappa shape index (κ1) is 21.6.